The van der Waals surface area contributed by atoms with Crippen LogP contribution >= 0.6 is 0 Å². The van der Waals surface area contributed by atoms with E-state index in [9.17, 15) is 4.79 Å². The molecule has 2 aromatic carbocycles. The predicted molar refractivity (Wildman–Crippen MR) is 87.7 cm³/mol. The van der Waals surface area contributed by atoms with Gasteiger partial charge in [-0.1, -0.05) is 24.3 Å². The quantitative estimate of drug-likeness (QED) is 0.754. The van der Waals surface area contributed by atoms with Crippen LogP contribution in [0.15, 0.2) is 48.5 Å². The van der Waals surface area contributed by atoms with Crippen LogP contribution in [0.3, 0.4) is 0 Å². The van der Waals surface area contributed by atoms with Crippen molar-refractivity contribution in [1.29, 1.82) is 0 Å². The van der Waals surface area contributed by atoms with E-state index in [0.29, 0.717) is 5.82 Å². The topological polar surface area (TPSA) is 84.3 Å². The highest BCUT2D eigenvalue weighted by Crippen LogP contribution is 2.30. The molecule has 116 valence electrons. The molecule has 0 unspecified atom stereocenters. The highest BCUT2D eigenvalue weighted by atomic mass is 16.5. The highest BCUT2D eigenvalue weighted by molar-refractivity contribution is 6.00. The van der Waals surface area contributed by atoms with Gasteiger partial charge in [-0.3, -0.25) is 4.79 Å². The van der Waals surface area contributed by atoms with Crippen LogP contribution in [0.1, 0.15) is 0 Å². The summed E-state index contributed by atoms with van der Waals surface area (Å²) >= 11 is 0. The maximum Gasteiger partial charge on any atom is 0.322 e. The van der Waals surface area contributed by atoms with Gasteiger partial charge in [-0.05, 0) is 24.3 Å². The summed E-state index contributed by atoms with van der Waals surface area (Å²) < 4.78 is 5.16. The molecule has 2 N–H and O–H groups in total. The van der Waals surface area contributed by atoms with Gasteiger partial charge < -0.3 is 15.2 Å². The number of benzene rings is 2. The number of rotatable bonds is 5. The second kappa shape index (κ2) is 6.31. The van der Waals surface area contributed by atoms with Gasteiger partial charge in [0.2, 0.25) is 0 Å². The summed E-state index contributed by atoms with van der Waals surface area (Å²) in [7, 11) is 1.62. The summed E-state index contributed by atoms with van der Waals surface area (Å²) in [5, 5.41) is 21.7. The molecule has 0 saturated heterocycles. The third kappa shape index (κ3) is 3.06. The summed E-state index contributed by atoms with van der Waals surface area (Å²) in [5.41, 5.74) is 1.66. The van der Waals surface area contributed by atoms with Gasteiger partial charge in [0.25, 0.3) is 0 Å². The SMILES string of the molecule is COc1ccc(-c2nnc(NCC(=O)O)c3ccccc23)cc1. The molecular weight excluding hydrogens is 294 g/mol. The molecule has 23 heavy (non-hydrogen) atoms. The average molecular weight is 309 g/mol. The lowest BCUT2D eigenvalue weighted by atomic mass is 10.0. The number of hydrogen-bond acceptors (Lipinski definition) is 5. The second-order valence-corrected chi connectivity index (χ2v) is 4.92. The Bertz CT molecular complexity index is 847. The van der Waals surface area contributed by atoms with Crippen LogP contribution in [-0.2, 0) is 4.79 Å². The lowest BCUT2D eigenvalue weighted by Crippen LogP contribution is -2.14. The van der Waals surface area contributed by atoms with Gasteiger partial charge in [0.1, 0.15) is 18.0 Å². The molecule has 0 aliphatic carbocycles. The molecule has 6 heteroatoms. The molecule has 0 amide bonds. The molecular formula is C17H15N3O3. The zero-order chi connectivity index (χ0) is 16.2. The maximum absolute atomic E-state index is 10.7. The highest BCUT2D eigenvalue weighted by Gasteiger charge is 2.11. The average Bonchev–Trinajstić information content (AvgIpc) is 2.59. The standard InChI is InChI=1S/C17H15N3O3/c1-23-12-8-6-11(7-9-12)16-13-4-2-3-5-14(13)17(20-19-16)18-10-15(21)22/h2-9H,10H2,1H3,(H,18,20)(H,21,22). The van der Waals surface area contributed by atoms with Crippen LogP contribution in [0.25, 0.3) is 22.0 Å². The molecule has 0 bridgehead atoms. The van der Waals surface area contributed by atoms with Crippen molar-refractivity contribution in [1.82, 2.24) is 10.2 Å². The minimum absolute atomic E-state index is 0.208. The number of aliphatic carboxylic acids is 1. The van der Waals surface area contributed by atoms with Crippen LogP contribution in [-0.4, -0.2) is 34.9 Å². The van der Waals surface area contributed by atoms with Crippen molar-refractivity contribution in [3.63, 3.8) is 0 Å². The van der Waals surface area contributed by atoms with Crippen LogP contribution < -0.4 is 10.1 Å². The van der Waals surface area contributed by atoms with Gasteiger partial charge in [0, 0.05) is 16.3 Å². The van der Waals surface area contributed by atoms with E-state index < -0.39 is 5.97 Å². The predicted octanol–water partition coefficient (Wildman–Crippen LogP) is 2.80. The van der Waals surface area contributed by atoms with E-state index in [1.807, 2.05) is 48.5 Å². The van der Waals surface area contributed by atoms with E-state index >= 15 is 0 Å². The fourth-order valence-electron chi connectivity index (χ4n) is 2.36. The minimum atomic E-state index is -0.949. The molecule has 3 aromatic rings. The minimum Gasteiger partial charge on any atom is -0.497 e. The fraction of sp³-hybridized carbons (Fsp3) is 0.118. The van der Waals surface area contributed by atoms with Crippen molar-refractivity contribution in [3.8, 4) is 17.0 Å². The number of carboxylic acids is 1. The number of nitrogens with one attached hydrogen (secondary N) is 1. The third-order valence-corrected chi connectivity index (χ3v) is 3.46. The van der Waals surface area contributed by atoms with Crippen LogP contribution in [0, 0.1) is 0 Å². The Balaban J connectivity index is 2.08. The molecule has 3 rings (SSSR count). The van der Waals surface area contributed by atoms with Gasteiger partial charge in [0.15, 0.2) is 5.82 Å². The number of ether oxygens (including phenoxy) is 1. The maximum atomic E-state index is 10.7. The molecule has 0 fully saturated rings. The van der Waals surface area contributed by atoms with Crippen molar-refractivity contribution in [2.75, 3.05) is 19.0 Å². The Morgan fingerprint density at radius 2 is 1.78 bits per heavy atom. The second-order valence-electron chi connectivity index (χ2n) is 4.92. The smallest absolute Gasteiger partial charge is 0.322 e. The van der Waals surface area contributed by atoms with Crippen LogP contribution in [0.2, 0.25) is 0 Å². The summed E-state index contributed by atoms with van der Waals surface area (Å²) in [6.07, 6.45) is 0. The van der Waals surface area contributed by atoms with Crippen molar-refractivity contribution in [2.24, 2.45) is 0 Å². The first-order chi connectivity index (χ1) is 11.2. The van der Waals surface area contributed by atoms with Gasteiger partial charge >= 0.3 is 5.97 Å². The Hall–Kier alpha value is -3.15. The van der Waals surface area contributed by atoms with Gasteiger partial charge in [0.05, 0.1) is 7.11 Å². The first kappa shape index (κ1) is 14.8. The van der Waals surface area contributed by atoms with Crippen molar-refractivity contribution >= 4 is 22.6 Å². The monoisotopic (exact) mass is 309 g/mol. The molecule has 1 heterocycles. The molecule has 0 saturated carbocycles. The number of aromatic nitrogens is 2. The molecule has 0 radical (unpaired) electrons. The van der Waals surface area contributed by atoms with Gasteiger partial charge in [-0.25, -0.2) is 0 Å². The lowest BCUT2D eigenvalue weighted by Gasteiger charge is -2.10. The van der Waals surface area contributed by atoms with Crippen LogP contribution in [0.5, 0.6) is 5.75 Å². The van der Waals surface area contributed by atoms with E-state index in [1.54, 1.807) is 7.11 Å². The summed E-state index contributed by atoms with van der Waals surface area (Å²) in [4.78, 5) is 10.7. The fourth-order valence-corrected chi connectivity index (χ4v) is 2.36. The number of carboxylic acid groups (broad SMARTS) is 1. The first-order valence-corrected chi connectivity index (χ1v) is 7.04. The van der Waals surface area contributed by atoms with Gasteiger partial charge in [-0.2, -0.15) is 0 Å². The third-order valence-electron chi connectivity index (χ3n) is 3.46. The van der Waals surface area contributed by atoms with Crippen LogP contribution in [0.4, 0.5) is 5.82 Å². The number of nitrogens with zero attached hydrogens (tertiary/aromatic N) is 2. The van der Waals surface area contributed by atoms with Crippen molar-refractivity contribution in [2.45, 2.75) is 0 Å². The summed E-state index contributed by atoms with van der Waals surface area (Å²) in [6, 6.07) is 15.2. The number of methoxy groups -OCH3 is 1. The van der Waals surface area contributed by atoms with E-state index in [4.69, 9.17) is 9.84 Å². The van der Waals surface area contributed by atoms with E-state index in [0.717, 1.165) is 27.8 Å². The Morgan fingerprint density at radius 3 is 2.43 bits per heavy atom. The molecule has 6 nitrogen and oxygen atoms in total. The van der Waals surface area contributed by atoms with Crippen molar-refractivity contribution < 1.29 is 14.6 Å². The number of anilines is 1. The van der Waals surface area contributed by atoms with E-state index in [2.05, 4.69) is 15.5 Å². The number of fused-ring (bicyclic) bond motifs is 1. The van der Waals surface area contributed by atoms with E-state index in [1.165, 1.54) is 0 Å². The normalized spacial score (nSPS) is 10.5. The summed E-state index contributed by atoms with van der Waals surface area (Å²) in [6.45, 7) is -0.208. The zero-order valence-corrected chi connectivity index (χ0v) is 12.5. The Morgan fingerprint density at radius 1 is 1.09 bits per heavy atom. The molecule has 0 spiro atoms. The summed E-state index contributed by atoms with van der Waals surface area (Å²) in [5.74, 6) is 0.279. The molecule has 1 aromatic heterocycles. The molecule has 0 aliphatic rings. The number of hydrogen-bond donors (Lipinski definition) is 2. The molecule has 0 atom stereocenters. The number of carbonyl (C=O) groups is 1. The Kier molecular flexibility index (Phi) is 4.05. The van der Waals surface area contributed by atoms with Crippen molar-refractivity contribution in [3.05, 3.63) is 48.5 Å². The largest absolute Gasteiger partial charge is 0.497 e. The van der Waals surface area contributed by atoms with E-state index in [-0.39, 0.29) is 6.54 Å². The zero-order valence-electron chi connectivity index (χ0n) is 12.5. The molecule has 0 aliphatic heterocycles. The Labute approximate surface area is 132 Å². The lowest BCUT2D eigenvalue weighted by molar-refractivity contribution is -0.134. The first-order valence-electron chi connectivity index (χ1n) is 7.04. The van der Waals surface area contributed by atoms with Gasteiger partial charge in [-0.15, -0.1) is 10.2 Å².